The average Bonchev–Trinajstić information content (AvgIpc) is 3.15. The maximum atomic E-state index is 12.1. The van der Waals surface area contributed by atoms with Crippen LogP contribution in [0.25, 0.3) is 0 Å². The van der Waals surface area contributed by atoms with Gasteiger partial charge >= 0.3 is 0 Å². The van der Waals surface area contributed by atoms with Crippen LogP contribution in [0.5, 0.6) is 0 Å². The van der Waals surface area contributed by atoms with E-state index in [0.717, 1.165) is 31.5 Å². The molecule has 1 aliphatic carbocycles. The van der Waals surface area contributed by atoms with Crippen LogP contribution in [-0.2, 0) is 16.1 Å². The smallest absolute Gasteiger partial charge is 0.252 e. The second kappa shape index (κ2) is 6.13. The highest BCUT2D eigenvalue weighted by Crippen LogP contribution is 2.30. The molecular formula is C15H23N3O3. The minimum absolute atomic E-state index is 0.0996. The van der Waals surface area contributed by atoms with E-state index in [2.05, 4.69) is 15.5 Å². The Morgan fingerprint density at radius 1 is 1.33 bits per heavy atom. The first-order chi connectivity index (χ1) is 10.2. The monoisotopic (exact) mass is 293 g/mol. The second-order valence-electron chi connectivity index (χ2n) is 6.25. The third kappa shape index (κ3) is 3.26. The van der Waals surface area contributed by atoms with Crippen LogP contribution >= 0.6 is 0 Å². The third-order valence-corrected chi connectivity index (χ3v) is 4.55. The summed E-state index contributed by atoms with van der Waals surface area (Å²) in [6.07, 6.45) is 7.73. The lowest BCUT2D eigenvalue weighted by atomic mass is 9.89. The molecule has 1 aliphatic heterocycles. The first-order valence-electron chi connectivity index (χ1n) is 7.92. The van der Waals surface area contributed by atoms with Crippen molar-refractivity contribution in [2.45, 2.75) is 69.9 Å². The largest absolute Gasteiger partial charge is 0.365 e. The van der Waals surface area contributed by atoms with E-state index in [-0.39, 0.29) is 12.5 Å². The fourth-order valence-corrected chi connectivity index (χ4v) is 3.17. The first-order valence-corrected chi connectivity index (χ1v) is 7.92. The Bertz CT molecular complexity index is 488. The van der Waals surface area contributed by atoms with E-state index >= 15 is 0 Å². The van der Waals surface area contributed by atoms with E-state index in [4.69, 9.17) is 9.26 Å². The van der Waals surface area contributed by atoms with Gasteiger partial charge in [0, 0.05) is 12.5 Å². The highest BCUT2D eigenvalue weighted by Gasteiger charge is 2.37. The molecule has 1 saturated carbocycles. The Morgan fingerprint density at radius 3 is 2.86 bits per heavy atom. The van der Waals surface area contributed by atoms with Crippen molar-refractivity contribution in [2.24, 2.45) is 0 Å². The summed E-state index contributed by atoms with van der Waals surface area (Å²) in [5, 5.41) is 6.90. The van der Waals surface area contributed by atoms with Crippen LogP contribution in [0, 0.1) is 0 Å². The number of nitrogens with one attached hydrogen (secondary N) is 1. The van der Waals surface area contributed by atoms with Gasteiger partial charge in [-0.25, -0.2) is 0 Å². The van der Waals surface area contributed by atoms with Crippen LogP contribution in [0.1, 0.15) is 69.5 Å². The predicted octanol–water partition coefficient (Wildman–Crippen LogP) is 2.30. The number of hydrogen-bond donors (Lipinski definition) is 1. The summed E-state index contributed by atoms with van der Waals surface area (Å²) in [6, 6.07) is 0. The molecule has 1 N–H and O–H groups in total. The molecule has 1 saturated heterocycles. The molecule has 116 valence electrons. The average molecular weight is 293 g/mol. The molecule has 1 amide bonds. The molecule has 1 aromatic rings. The third-order valence-electron chi connectivity index (χ3n) is 4.55. The van der Waals surface area contributed by atoms with E-state index in [1.165, 1.54) is 19.3 Å². The summed E-state index contributed by atoms with van der Waals surface area (Å²) in [4.78, 5) is 16.5. The van der Waals surface area contributed by atoms with E-state index in [0.29, 0.717) is 18.4 Å². The SMILES string of the molecule is C[C@]1(C(=O)NCc2nc(C3CCCCC3)no2)CCCO1. The zero-order chi connectivity index (χ0) is 14.7. The number of carbonyl (C=O) groups is 1. The number of amides is 1. The molecule has 6 nitrogen and oxygen atoms in total. The van der Waals surface area contributed by atoms with Gasteiger partial charge in [-0.05, 0) is 32.6 Å². The fourth-order valence-electron chi connectivity index (χ4n) is 3.17. The summed E-state index contributed by atoms with van der Waals surface area (Å²) in [7, 11) is 0. The van der Waals surface area contributed by atoms with Crippen molar-refractivity contribution >= 4 is 5.91 Å². The molecule has 0 bridgehead atoms. The molecule has 2 heterocycles. The summed E-state index contributed by atoms with van der Waals surface area (Å²) in [6.45, 7) is 2.75. The lowest BCUT2D eigenvalue weighted by Gasteiger charge is -2.21. The molecule has 1 atom stereocenters. The summed E-state index contributed by atoms with van der Waals surface area (Å²) < 4.78 is 10.8. The van der Waals surface area contributed by atoms with E-state index in [1.807, 2.05) is 6.92 Å². The molecule has 0 unspecified atom stereocenters. The Hall–Kier alpha value is -1.43. The highest BCUT2D eigenvalue weighted by atomic mass is 16.5. The second-order valence-corrected chi connectivity index (χ2v) is 6.25. The van der Waals surface area contributed by atoms with Crippen molar-refractivity contribution in [3.8, 4) is 0 Å². The van der Waals surface area contributed by atoms with Crippen molar-refractivity contribution in [3.63, 3.8) is 0 Å². The van der Waals surface area contributed by atoms with Crippen LogP contribution < -0.4 is 5.32 Å². The molecular weight excluding hydrogens is 270 g/mol. The number of aromatic nitrogens is 2. The van der Waals surface area contributed by atoms with Gasteiger partial charge in [-0.3, -0.25) is 4.79 Å². The predicted molar refractivity (Wildman–Crippen MR) is 75.6 cm³/mol. The molecule has 3 rings (SSSR count). The minimum Gasteiger partial charge on any atom is -0.365 e. The molecule has 2 fully saturated rings. The lowest BCUT2D eigenvalue weighted by molar-refractivity contribution is -0.139. The molecule has 2 aliphatic rings. The maximum Gasteiger partial charge on any atom is 0.252 e. The summed E-state index contributed by atoms with van der Waals surface area (Å²) in [5.74, 6) is 1.59. The normalized spacial score (nSPS) is 26.9. The summed E-state index contributed by atoms with van der Waals surface area (Å²) in [5.41, 5.74) is -0.702. The highest BCUT2D eigenvalue weighted by molar-refractivity contribution is 5.84. The molecule has 0 spiro atoms. The topological polar surface area (TPSA) is 77.3 Å². The van der Waals surface area contributed by atoms with Gasteiger partial charge in [0.25, 0.3) is 5.91 Å². The Balaban J connectivity index is 1.53. The van der Waals surface area contributed by atoms with Crippen LogP contribution in [0.15, 0.2) is 4.52 Å². The number of nitrogens with zero attached hydrogens (tertiary/aromatic N) is 2. The van der Waals surface area contributed by atoms with Crippen LogP contribution in [-0.4, -0.2) is 28.3 Å². The van der Waals surface area contributed by atoms with Crippen molar-refractivity contribution in [2.75, 3.05) is 6.61 Å². The van der Waals surface area contributed by atoms with Gasteiger partial charge in [0.15, 0.2) is 5.82 Å². The Labute approximate surface area is 124 Å². The minimum atomic E-state index is -0.702. The van der Waals surface area contributed by atoms with Crippen LogP contribution in [0.2, 0.25) is 0 Å². The van der Waals surface area contributed by atoms with Gasteiger partial charge in [-0.2, -0.15) is 4.98 Å². The van der Waals surface area contributed by atoms with Crippen LogP contribution in [0.3, 0.4) is 0 Å². The quantitative estimate of drug-likeness (QED) is 0.921. The fraction of sp³-hybridized carbons (Fsp3) is 0.800. The molecule has 21 heavy (non-hydrogen) atoms. The van der Waals surface area contributed by atoms with Gasteiger partial charge in [-0.15, -0.1) is 0 Å². The Morgan fingerprint density at radius 2 is 2.14 bits per heavy atom. The number of carbonyl (C=O) groups excluding carboxylic acids is 1. The van der Waals surface area contributed by atoms with Crippen molar-refractivity contribution in [1.29, 1.82) is 0 Å². The molecule has 0 radical (unpaired) electrons. The molecule has 0 aromatic carbocycles. The van der Waals surface area contributed by atoms with Gasteiger partial charge in [-0.1, -0.05) is 24.4 Å². The number of hydrogen-bond acceptors (Lipinski definition) is 5. The first kappa shape index (κ1) is 14.5. The number of ether oxygens (including phenoxy) is 1. The number of rotatable bonds is 4. The zero-order valence-electron chi connectivity index (χ0n) is 12.6. The molecule has 6 heteroatoms. The van der Waals surface area contributed by atoms with Crippen molar-refractivity contribution in [3.05, 3.63) is 11.7 Å². The Kier molecular flexibility index (Phi) is 4.24. The molecule has 1 aromatic heterocycles. The van der Waals surface area contributed by atoms with Gasteiger partial charge in [0.1, 0.15) is 5.60 Å². The summed E-state index contributed by atoms with van der Waals surface area (Å²) >= 11 is 0. The van der Waals surface area contributed by atoms with Gasteiger partial charge in [0.2, 0.25) is 5.89 Å². The van der Waals surface area contributed by atoms with E-state index in [1.54, 1.807) is 0 Å². The van der Waals surface area contributed by atoms with Gasteiger partial charge in [0.05, 0.1) is 6.54 Å². The van der Waals surface area contributed by atoms with E-state index < -0.39 is 5.60 Å². The van der Waals surface area contributed by atoms with Gasteiger partial charge < -0.3 is 14.6 Å². The maximum absolute atomic E-state index is 12.1. The van der Waals surface area contributed by atoms with Crippen molar-refractivity contribution < 1.29 is 14.1 Å². The standard InChI is InChI=1S/C15H23N3O3/c1-15(8-5-9-20-15)14(19)16-10-12-17-13(18-21-12)11-6-3-2-4-7-11/h11H,2-10H2,1H3,(H,16,19)/t15-/m1/s1. The van der Waals surface area contributed by atoms with Crippen LogP contribution in [0.4, 0.5) is 0 Å². The van der Waals surface area contributed by atoms with E-state index in [9.17, 15) is 4.79 Å². The zero-order valence-corrected chi connectivity index (χ0v) is 12.6. The lowest BCUT2D eigenvalue weighted by Crippen LogP contribution is -2.43. The van der Waals surface area contributed by atoms with Crippen molar-refractivity contribution in [1.82, 2.24) is 15.5 Å².